The lowest BCUT2D eigenvalue weighted by Gasteiger charge is -2.36. The number of amides is 2. The Bertz CT molecular complexity index is 830. The number of rotatable bonds is 3. The Morgan fingerprint density at radius 2 is 2.04 bits per heavy atom. The van der Waals surface area contributed by atoms with Crippen molar-refractivity contribution in [1.29, 1.82) is 0 Å². The average molecular weight is 371 g/mol. The highest BCUT2D eigenvalue weighted by atomic mass is 32.1. The van der Waals surface area contributed by atoms with Crippen LogP contribution in [0.1, 0.15) is 23.8 Å². The van der Waals surface area contributed by atoms with Crippen LogP contribution in [0.3, 0.4) is 0 Å². The summed E-state index contributed by atoms with van der Waals surface area (Å²) in [7, 11) is 0. The summed E-state index contributed by atoms with van der Waals surface area (Å²) in [5, 5.41) is 1.01. The van der Waals surface area contributed by atoms with Gasteiger partial charge in [-0.05, 0) is 25.0 Å². The molecule has 3 atom stereocenters. The number of allylic oxidation sites excluding steroid dienone is 2. The zero-order valence-corrected chi connectivity index (χ0v) is 15.2. The van der Waals surface area contributed by atoms with E-state index in [1.807, 2.05) is 18.2 Å². The summed E-state index contributed by atoms with van der Waals surface area (Å²) in [4.78, 5) is 31.1. The Balaban J connectivity index is 1.58. The number of primary amides is 1. The van der Waals surface area contributed by atoms with Crippen LogP contribution in [0.2, 0.25) is 0 Å². The maximum atomic E-state index is 13.2. The molecular formula is C19H21N3O3S. The Morgan fingerprint density at radius 1 is 1.23 bits per heavy atom. The number of para-hydroxylation sites is 1. The predicted octanol–water partition coefficient (Wildman–Crippen LogP) is 2.06. The quantitative estimate of drug-likeness (QED) is 0.837. The van der Waals surface area contributed by atoms with Crippen LogP contribution in [0.4, 0.5) is 0 Å². The molecule has 0 unspecified atom stereocenters. The summed E-state index contributed by atoms with van der Waals surface area (Å²) in [6, 6.07) is 8.05. The third kappa shape index (κ3) is 3.24. The van der Waals surface area contributed by atoms with Gasteiger partial charge in [-0.2, -0.15) is 0 Å². The van der Waals surface area contributed by atoms with Gasteiger partial charge in [0.1, 0.15) is 0 Å². The Labute approximate surface area is 155 Å². The number of ether oxygens (including phenoxy) is 1. The van der Waals surface area contributed by atoms with E-state index < -0.39 is 12.0 Å². The zero-order valence-electron chi connectivity index (χ0n) is 14.3. The number of carbonyl (C=O) groups is 2. The fourth-order valence-electron chi connectivity index (χ4n) is 3.66. The van der Waals surface area contributed by atoms with Crippen LogP contribution in [0.15, 0.2) is 36.4 Å². The summed E-state index contributed by atoms with van der Waals surface area (Å²) in [6.07, 6.45) is 4.98. The van der Waals surface area contributed by atoms with Crippen LogP contribution in [-0.2, 0) is 14.3 Å². The molecule has 1 aliphatic carbocycles. The minimum atomic E-state index is -0.715. The van der Waals surface area contributed by atoms with Crippen molar-refractivity contribution in [3.05, 3.63) is 41.4 Å². The highest BCUT2D eigenvalue weighted by Crippen LogP contribution is 2.39. The van der Waals surface area contributed by atoms with Gasteiger partial charge in [-0.3, -0.25) is 9.59 Å². The Kier molecular flexibility index (Phi) is 4.74. The van der Waals surface area contributed by atoms with Crippen LogP contribution in [0.5, 0.6) is 0 Å². The van der Waals surface area contributed by atoms with Crippen molar-refractivity contribution in [2.24, 2.45) is 11.7 Å². The molecule has 0 spiro atoms. The van der Waals surface area contributed by atoms with Crippen molar-refractivity contribution >= 4 is 33.4 Å². The van der Waals surface area contributed by atoms with Crippen LogP contribution < -0.4 is 5.73 Å². The number of fused-ring (bicyclic) bond motifs is 1. The number of hydrogen-bond donors (Lipinski definition) is 1. The van der Waals surface area contributed by atoms with Crippen LogP contribution in [0.25, 0.3) is 10.2 Å². The molecule has 2 N–H and O–H groups in total. The van der Waals surface area contributed by atoms with Crippen molar-refractivity contribution in [3.63, 3.8) is 0 Å². The maximum absolute atomic E-state index is 13.2. The van der Waals surface area contributed by atoms with E-state index in [1.165, 1.54) is 0 Å². The average Bonchev–Trinajstić information content (AvgIpc) is 3.11. The number of morpholine rings is 1. The predicted molar refractivity (Wildman–Crippen MR) is 99.7 cm³/mol. The van der Waals surface area contributed by atoms with Crippen molar-refractivity contribution in [2.45, 2.75) is 24.9 Å². The third-order valence-electron chi connectivity index (χ3n) is 5.07. The molecule has 1 aliphatic heterocycles. The third-order valence-corrected chi connectivity index (χ3v) is 6.24. The molecule has 6 nitrogen and oxygen atoms in total. The molecule has 1 saturated heterocycles. The van der Waals surface area contributed by atoms with E-state index in [1.54, 1.807) is 16.2 Å². The molecule has 26 heavy (non-hydrogen) atoms. The number of aromatic nitrogens is 1. The highest BCUT2D eigenvalue weighted by Gasteiger charge is 2.37. The lowest BCUT2D eigenvalue weighted by atomic mass is 9.82. The first-order valence-corrected chi connectivity index (χ1v) is 9.65. The van der Waals surface area contributed by atoms with Crippen molar-refractivity contribution < 1.29 is 14.3 Å². The molecule has 2 heterocycles. The van der Waals surface area contributed by atoms with Crippen LogP contribution in [0, 0.1) is 5.92 Å². The number of benzene rings is 1. The smallest absolute Gasteiger partial charge is 0.248 e. The first-order valence-electron chi connectivity index (χ1n) is 8.83. The van der Waals surface area contributed by atoms with E-state index in [2.05, 4.69) is 18.2 Å². The van der Waals surface area contributed by atoms with Gasteiger partial charge in [-0.15, -0.1) is 11.3 Å². The van der Waals surface area contributed by atoms with E-state index in [-0.39, 0.29) is 24.3 Å². The van der Waals surface area contributed by atoms with Gasteiger partial charge in [-0.25, -0.2) is 4.98 Å². The van der Waals surface area contributed by atoms with Crippen molar-refractivity contribution in [1.82, 2.24) is 9.88 Å². The lowest BCUT2D eigenvalue weighted by Crippen LogP contribution is -2.52. The van der Waals surface area contributed by atoms with Gasteiger partial charge in [0, 0.05) is 12.5 Å². The normalized spacial score (nSPS) is 26.2. The molecule has 1 aromatic heterocycles. The summed E-state index contributed by atoms with van der Waals surface area (Å²) in [5.74, 6) is -0.547. The second-order valence-corrected chi connectivity index (χ2v) is 7.78. The monoisotopic (exact) mass is 371 g/mol. The van der Waals surface area contributed by atoms with Crippen molar-refractivity contribution in [3.8, 4) is 0 Å². The molecule has 4 rings (SSSR count). The lowest BCUT2D eigenvalue weighted by molar-refractivity contribution is -0.148. The number of thiazole rings is 1. The zero-order chi connectivity index (χ0) is 18.1. The van der Waals surface area contributed by atoms with E-state index in [4.69, 9.17) is 15.5 Å². The van der Waals surface area contributed by atoms with Gasteiger partial charge in [0.25, 0.3) is 0 Å². The van der Waals surface area contributed by atoms with E-state index >= 15 is 0 Å². The van der Waals surface area contributed by atoms with Crippen molar-refractivity contribution in [2.75, 3.05) is 19.7 Å². The van der Waals surface area contributed by atoms with E-state index in [0.29, 0.717) is 19.6 Å². The van der Waals surface area contributed by atoms with Gasteiger partial charge in [-0.1, -0.05) is 24.3 Å². The number of carbonyl (C=O) groups excluding carboxylic acids is 2. The van der Waals surface area contributed by atoms with Crippen LogP contribution >= 0.6 is 11.3 Å². The van der Waals surface area contributed by atoms with Gasteiger partial charge in [0.15, 0.2) is 6.10 Å². The molecular weight excluding hydrogens is 350 g/mol. The first kappa shape index (κ1) is 17.2. The van der Waals surface area contributed by atoms with E-state index in [9.17, 15) is 9.59 Å². The molecule has 0 saturated carbocycles. The van der Waals surface area contributed by atoms with Gasteiger partial charge in [0.2, 0.25) is 11.8 Å². The summed E-state index contributed by atoms with van der Waals surface area (Å²) in [5.41, 5.74) is 6.33. The fraction of sp³-hybridized carbons (Fsp3) is 0.421. The molecule has 2 aliphatic rings. The largest absolute Gasteiger partial charge is 0.367 e. The Morgan fingerprint density at radius 3 is 2.85 bits per heavy atom. The molecule has 0 bridgehead atoms. The second kappa shape index (κ2) is 7.17. The Hall–Kier alpha value is -2.25. The van der Waals surface area contributed by atoms with Gasteiger partial charge < -0.3 is 15.4 Å². The summed E-state index contributed by atoms with van der Waals surface area (Å²) < 4.78 is 6.51. The topological polar surface area (TPSA) is 85.5 Å². The first-order chi connectivity index (χ1) is 12.6. The molecule has 0 radical (unpaired) electrons. The molecule has 136 valence electrons. The number of hydrogen-bond acceptors (Lipinski definition) is 5. The number of nitrogens with zero attached hydrogens (tertiary/aromatic N) is 2. The molecule has 2 amide bonds. The fourth-order valence-corrected chi connectivity index (χ4v) is 4.81. The van der Waals surface area contributed by atoms with Gasteiger partial charge in [0.05, 0.1) is 34.3 Å². The van der Waals surface area contributed by atoms with Crippen LogP contribution in [-0.4, -0.2) is 47.5 Å². The maximum Gasteiger partial charge on any atom is 0.248 e. The standard InChI is InChI=1S/C19H21N3O3S/c20-17(23)15-11-22(9-10-25-15)19(24)13-6-2-1-5-12(13)18-21-14-7-3-4-8-16(14)26-18/h1-4,7-8,12-13,15H,5-6,9-11H2,(H2,20,23)/t12-,13-,15-/m0/s1. The van der Waals surface area contributed by atoms with E-state index in [0.717, 1.165) is 21.6 Å². The summed E-state index contributed by atoms with van der Waals surface area (Å²) >= 11 is 1.66. The molecule has 1 fully saturated rings. The highest BCUT2D eigenvalue weighted by molar-refractivity contribution is 7.18. The summed E-state index contributed by atoms with van der Waals surface area (Å²) in [6.45, 7) is 1.07. The van der Waals surface area contributed by atoms with Gasteiger partial charge >= 0.3 is 0 Å². The number of nitrogens with two attached hydrogens (primary N) is 1. The minimum absolute atomic E-state index is 0.0631. The molecule has 7 heteroatoms. The second-order valence-electron chi connectivity index (χ2n) is 6.72. The SMILES string of the molecule is NC(=O)[C@@H]1CN(C(=O)[C@H]2CC=CC[C@@H]2c2nc3ccccc3s2)CCO1. The minimum Gasteiger partial charge on any atom is -0.367 e. The molecule has 2 aromatic rings. The molecule has 1 aromatic carbocycles.